The molecule has 0 aliphatic heterocycles. The van der Waals surface area contributed by atoms with Crippen LogP contribution in [-0.4, -0.2) is 11.2 Å². The first-order valence-corrected chi connectivity index (χ1v) is 7.91. The van der Waals surface area contributed by atoms with Gasteiger partial charge in [-0.1, -0.05) is 41.9 Å². The lowest BCUT2D eigenvalue weighted by molar-refractivity contribution is 0.620. The normalized spacial score (nSPS) is 11.4. The number of nitrogens with zero attached hydrogens (tertiary/aromatic N) is 2. The van der Waals surface area contributed by atoms with Crippen molar-refractivity contribution in [1.29, 1.82) is 0 Å². The molecule has 1 aromatic heterocycles. The van der Waals surface area contributed by atoms with Gasteiger partial charge in [0.15, 0.2) is 5.58 Å². The number of benzene rings is 3. The van der Waals surface area contributed by atoms with Crippen molar-refractivity contribution in [2.75, 3.05) is 0 Å². The molecule has 0 aliphatic carbocycles. The van der Waals surface area contributed by atoms with Gasteiger partial charge in [-0.25, -0.2) is 4.98 Å². The van der Waals surface area contributed by atoms with Crippen LogP contribution in [0.2, 0.25) is 5.02 Å². The van der Waals surface area contributed by atoms with Crippen molar-refractivity contribution >= 4 is 34.6 Å². The van der Waals surface area contributed by atoms with Gasteiger partial charge in [0.25, 0.3) is 0 Å². The Bertz CT molecular complexity index is 1000. The smallest absolute Gasteiger partial charge is 0.227 e. The van der Waals surface area contributed by atoms with E-state index in [0.29, 0.717) is 10.9 Å². The van der Waals surface area contributed by atoms with Crippen LogP contribution in [0.4, 0.5) is 5.69 Å². The standard InChI is InChI=1S/C20H13ClN2O/c21-16-8-6-14(7-9-16)13-22-17-10-11-19-18(12-17)23-20(24-19)15-4-2-1-3-5-15/h1-13H. The van der Waals surface area contributed by atoms with Crippen LogP contribution in [0.25, 0.3) is 22.6 Å². The van der Waals surface area contributed by atoms with Crippen LogP contribution in [0.5, 0.6) is 0 Å². The molecular weight excluding hydrogens is 320 g/mol. The molecule has 4 aromatic rings. The number of aromatic nitrogens is 1. The fourth-order valence-corrected chi connectivity index (χ4v) is 2.52. The molecule has 0 aliphatic rings. The molecule has 0 saturated carbocycles. The number of hydrogen-bond donors (Lipinski definition) is 0. The topological polar surface area (TPSA) is 38.4 Å². The van der Waals surface area contributed by atoms with E-state index < -0.39 is 0 Å². The minimum Gasteiger partial charge on any atom is -0.436 e. The van der Waals surface area contributed by atoms with Crippen LogP contribution in [0.3, 0.4) is 0 Å². The lowest BCUT2D eigenvalue weighted by Crippen LogP contribution is -1.79. The largest absolute Gasteiger partial charge is 0.436 e. The lowest BCUT2D eigenvalue weighted by Gasteiger charge is -1.94. The summed E-state index contributed by atoms with van der Waals surface area (Å²) in [5.41, 5.74) is 4.31. The summed E-state index contributed by atoms with van der Waals surface area (Å²) in [5, 5.41) is 0.713. The van der Waals surface area contributed by atoms with E-state index >= 15 is 0 Å². The first-order chi connectivity index (χ1) is 11.8. The molecule has 3 aromatic carbocycles. The minimum absolute atomic E-state index is 0.615. The van der Waals surface area contributed by atoms with E-state index in [0.717, 1.165) is 27.9 Å². The van der Waals surface area contributed by atoms with E-state index in [2.05, 4.69) is 9.98 Å². The number of fused-ring (bicyclic) bond motifs is 1. The second kappa shape index (κ2) is 6.30. The second-order valence-electron chi connectivity index (χ2n) is 5.35. The third kappa shape index (κ3) is 3.07. The highest BCUT2D eigenvalue weighted by Gasteiger charge is 2.08. The van der Waals surface area contributed by atoms with Crippen LogP contribution in [0.15, 0.2) is 82.2 Å². The molecule has 24 heavy (non-hydrogen) atoms. The van der Waals surface area contributed by atoms with Gasteiger partial charge in [-0.05, 0) is 48.0 Å². The Morgan fingerprint density at radius 3 is 2.50 bits per heavy atom. The SMILES string of the molecule is Clc1ccc(C=Nc2ccc3oc(-c4ccccc4)nc3c2)cc1. The molecule has 0 N–H and O–H groups in total. The van der Waals surface area contributed by atoms with Crippen LogP contribution >= 0.6 is 11.6 Å². The maximum absolute atomic E-state index is 5.88. The maximum Gasteiger partial charge on any atom is 0.227 e. The van der Waals surface area contributed by atoms with Gasteiger partial charge in [0, 0.05) is 16.8 Å². The van der Waals surface area contributed by atoms with Crippen molar-refractivity contribution in [2.45, 2.75) is 0 Å². The summed E-state index contributed by atoms with van der Waals surface area (Å²) in [5.74, 6) is 0.615. The van der Waals surface area contributed by atoms with E-state index in [1.807, 2.05) is 72.8 Å². The van der Waals surface area contributed by atoms with Gasteiger partial charge in [-0.2, -0.15) is 0 Å². The zero-order chi connectivity index (χ0) is 16.4. The Hall–Kier alpha value is -2.91. The molecule has 0 bridgehead atoms. The van der Waals surface area contributed by atoms with Crippen molar-refractivity contribution in [3.8, 4) is 11.5 Å². The van der Waals surface area contributed by atoms with E-state index in [1.54, 1.807) is 6.21 Å². The number of rotatable bonds is 3. The Labute approximate surface area is 144 Å². The highest BCUT2D eigenvalue weighted by atomic mass is 35.5. The number of aliphatic imine (C=N–C) groups is 1. The average molecular weight is 333 g/mol. The van der Waals surface area contributed by atoms with Crippen molar-refractivity contribution < 1.29 is 4.42 Å². The summed E-state index contributed by atoms with van der Waals surface area (Å²) in [6, 6.07) is 23.1. The highest BCUT2D eigenvalue weighted by molar-refractivity contribution is 6.30. The van der Waals surface area contributed by atoms with E-state index in [1.165, 1.54) is 0 Å². The van der Waals surface area contributed by atoms with Crippen molar-refractivity contribution in [2.24, 2.45) is 4.99 Å². The number of halogens is 1. The Morgan fingerprint density at radius 1 is 0.917 bits per heavy atom. The van der Waals surface area contributed by atoms with Crippen LogP contribution in [0, 0.1) is 0 Å². The predicted octanol–water partition coefficient (Wildman–Crippen LogP) is 5.90. The lowest BCUT2D eigenvalue weighted by atomic mass is 10.2. The molecule has 3 nitrogen and oxygen atoms in total. The third-order valence-corrected chi connectivity index (χ3v) is 3.88. The molecule has 0 atom stereocenters. The summed E-state index contributed by atoms with van der Waals surface area (Å²) < 4.78 is 5.81. The quantitative estimate of drug-likeness (QED) is 0.438. The monoisotopic (exact) mass is 332 g/mol. The van der Waals surface area contributed by atoms with Gasteiger partial charge in [0.2, 0.25) is 5.89 Å². The summed E-state index contributed by atoms with van der Waals surface area (Å²) in [7, 11) is 0. The van der Waals surface area contributed by atoms with Crippen molar-refractivity contribution in [1.82, 2.24) is 4.98 Å². The van der Waals surface area contributed by atoms with Gasteiger partial charge in [-0.15, -0.1) is 0 Å². The first-order valence-electron chi connectivity index (χ1n) is 7.54. The maximum atomic E-state index is 5.88. The molecular formula is C20H13ClN2O. The molecule has 0 radical (unpaired) electrons. The zero-order valence-corrected chi connectivity index (χ0v) is 13.4. The zero-order valence-electron chi connectivity index (χ0n) is 12.7. The van der Waals surface area contributed by atoms with Gasteiger partial charge >= 0.3 is 0 Å². The summed E-state index contributed by atoms with van der Waals surface area (Å²) >= 11 is 5.88. The molecule has 0 unspecified atom stereocenters. The average Bonchev–Trinajstić information content (AvgIpc) is 3.05. The van der Waals surface area contributed by atoms with Crippen LogP contribution < -0.4 is 0 Å². The van der Waals surface area contributed by atoms with E-state index in [4.69, 9.17) is 16.0 Å². The van der Waals surface area contributed by atoms with Crippen molar-refractivity contribution in [3.05, 3.63) is 83.4 Å². The van der Waals surface area contributed by atoms with Gasteiger partial charge < -0.3 is 4.42 Å². The third-order valence-electron chi connectivity index (χ3n) is 3.62. The minimum atomic E-state index is 0.615. The summed E-state index contributed by atoms with van der Waals surface area (Å²) in [6.45, 7) is 0. The Morgan fingerprint density at radius 2 is 1.71 bits per heavy atom. The van der Waals surface area contributed by atoms with Gasteiger partial charge in [-0.3, -0.25) is 4.99 Å². The number of oxazole rings is 1. The van der Waals surface area contributed by atoms with E-state index in [-0.39, 0.29) is 0 Å². The molecule has 4 rings (SSSR count). The molecule has 0 spiro atoms. The molecule has 116 valence electrons. The molecule has 0 saturated heterocycles. The van der Waals surface area contributed by atoms with Crippen LogP contribution in [-0.2, 0) is 0 Å². The molecule has 4 heteroatoms. The predicted molar refractivity (Wildman–Crippen MR) is 98.2 cm³/mol. The molecule has 1 heterocycles. The number of hydrogen-bond acceptors (Lipinski definition) is 3. The summed E-state index contributed by atoms with van der Waals surface area (Å²) in [6.07, 6.45) is 1.80. The Balaban J connectivity index is 1.64. The van der Waals surface area contributed by atoms with Gasteiger partial charge in [0.1, 0.15) is 5.52 Å². The first kappa shape index (κ1) is 14.7. The molecule has 0 fully saturated rings. The van der Waals surface area contributed by atoms with Crippen molar-refractivity contribution in [3.63, 3.8) is 0 Å². The van der Waals surface area contributed by atoms with Gasteiger partial charge in [0.05, 0.1) is 5.69 Å². The Kier molecular flexibility index (Phi) is 3.85. The fourth-order valence-electron chi connectivity index (χ4n) is 2.40. The fraction of sp³-hybridized carbons (Fsp3) is 0. The van der Waals surface area contributed by atoms with E-state index in [9.17, 15) is 0 Å². The van der Waals surface area contributed by atoms with Crippen LogP contribution in [0.1, 0.15) is 5.56 Å². The second-order valence-corrected chi connectivity index (χ2v) is 5.78. The summed E-state index contributed by atoms with van der Waals surface area (Å²) in [4.78, 5) is 9.04. The highest BCUT2D eigenvalue weighted by Crippen LogP contribution is 2.27. The molecule has 0 amide bonds.